The molecule has 8 heteroatoms. The van der Waals surface area contributed by atoms with Crippen LogP contribution < -0.4 is 5.56 Å². The lowest BCUT2D eigenvalue weighted by Crippen LogP contribution is -2.35. The summed E-state index contributed by atoms with van der Waals surface area (Å²) < 4.78 is 4.92. The van der Waals surface area contributed by atoms with Crippen molar-refractivity contribution in [3.05, 3.63) is 61.8 Å². The molecule has 1 fully saturated rings. The van der Waals surface area contributed by atoms with Crippen molar-refractivity contribution in [2.24, 2.45) is 0 Å². The highest BCUT2D eigenvalue weighted by Crippen LogP contribution is 2.34. The van der Waals surface area contributed by atoms with Gasteiger partial charge in [0.15, 0.2) is 4.77 Å². The number of esters is 1. The molecule has 2 aromatic rings. The van der Waals surface area contributed by atoms with E-state index >= 15 is 0 Å². The van der Waals surface area contributed by atoms with E-state index in [1.165, 1.54) is 13.3 Å². The lowest BCUT2D eigenvalue weighted by molar-refractivity contribution is 0.0599. The quantitative estimate of drug-likeness (QED) is 0.637. The minimum absolute atomic E-state index is 0.0364. The van der Waals surface area contributed by atoms with Crippen LogP contribution in [0, 0.1) is 11.7 Å². The molecule has 3 rings (SSSR count). The molecular weight excluding hydrogens is 354 g/mol. The molecule has 0 radical (unpaired) electrons. The number of hydrogen-bond acceptors (Lipinski definition) is 5. The van der Waals surface area contributed by atoms with Gasteiger partial charge in [0.1, 0.15) is 5.56 Å². The molecule has 2 heterocycles. The second kappa shape index (κ2) is 7.25. The molecule has 2 N–H and O–H groups in total. The topological polar surface area (TPSA) is 95.3 Å². The van der Waals surface area contributed by atoms with Gasteiger partial charge in [-0.15, -0.1) is 0 Å². The zero-order chi connectivity index (χ0) is 18.8. The molecule has 0 saturated carbocycles. The van der Waals surface area contributed by atoms with Gasteiger partial charge in [-0.25, -0.2) is 4.79 Å². The highest BCUT2D eigenvalue weighted by Gasteiger charge is 2.32. The molecule has 1 amide bonds. The van der Waals surface area contributed by atoms with Crippen LogP contribution in [0.3, 0.4) is 0 Å². The number of aromatic amines is 2. The van der Waals surface area contributed by atoms with Gasteiger partial charge in [0.05, 0.1) is 18.7 Å². The summed E-state index contributed by atoms with van der Waals surface area (Å²) in [5.41, 5.74) is 1.87. The van der Waals surface area contributed by atoms with Crippen molar-refractivity contribution in [3.63, 3.8) is 0 Å². The zero-order valence-electron chi connectivity index (χ0n) is 14.5. The average molecular weight is 373 g/mol. The fourth-order valence-electron chi connectivity index (χ4n) is 3.35. The third-order valence-electron chi connectivity index (χ3n) is 4.61. The van der Waals surface area contributed by atoms with Gasteiger partial charge in [-0.3, -0.25) is 14.6 Å². The molecule has 1 atom stereocenters. The number of H-pyrrole nitrogens is 2. The Morgan fingerprint density at radius 1 is 1.35 bits per heavy atom. The number of methoxy groups -OCH3 is 1. The van der Waals surface area contributed by atoms with E-state index in [1.54, 1.807) is 17.0 Å². The van der Waals surface area contributed by atoms with Crippen LogP contribution in [-0.2, 0) is 4.74 Å². The summed E-state index contributed by atoms with van der Waals surface area (Å²) in [6.07, 6.45) is 2.99. The van der Waals surface area contributed by atoms with E-state index in [1.807, 2.05) is 13.0 Å². The van der Waals surface area contributed by atoms with E-state index in [9.17, 15) is 14.4 Å². The molecule has 1 aromatic heterocycles. The number of carbonyl (C=O) groups is 2. The van der Waals surface area contributed by atoms with Gasteiger partial charge in [-0.05, 0) is 55.2 Å². The normalized spacial score (nSPS) is 16.5. The Hall–Kier alpha value is -2.74. The van der Waals surface area contributed by atoms with Gasteiger partial charge < -0.3 is 14.6 Å². The number of ether oxygens (including phenoxy) is 1. The molecule has 26 heavy (non-hydrogen) atoms. The first-order valence-electron chi connectivity index (χ1n) is 8.24. The number of benzene rings is 1. The Bertz CT molecular complexity index is 979. The predicted octanol–water partition coefficient (Wildman–Crippen LogP) is 2.50. The van der Waals surface area contributed by atoms with Crippen molar-refractivity contribution in [1.29, 1.82) is 0 Å². The molecule has 0 spiro atoms. The van der Waals surface area contributed by atoms with Gasteiger partial charge in [0, 0.05) is 12.7 Å². The number of aromatic nitrogens is 2. The first-order valence-corrected chi connectivity index (χ1v) is 8.65. The number of likely N-dealkylation sites (tertiary alicyclic amines) is 1. The number of nitrogens with one attached hydrogen (secondary N) is 2. The van der Waals surface area contributed by atoms with Crippen molar-refractivity contribution in [3.8, 4) is 0 Å². The Morgan fingerprint density at radius 2 is 2.12 bits per heavy atom. The molecule has 1 aliphatic rings. The molecule has 1 aromatic carbocycles. The summed E-state index contributed by atoms with van der Waals surface area (Å²) >= 11 is 4.87. The minimum Gasteiger partial charge on any atom is -0.465 e. The fraction of sp³-hybridized carbons (Fsp3) is 0.333. The molecule has 1 aliphatic heterocycles. The lowest BCUT2D eigenvalue weighted by atomic mass is 9.97. The molecule has 136 valence electrons. The van der Waals surface area contributed by atoms with Gasteiger partial charge in [0.2, 0.25) is 0 Å². The van der Waals surface area contributed by atoms with Gasteiger partial charge in [-0.1, -0.05) is 6.07 Å². The van der Waals surface area contributed by atoms with Crippen molar-refractivity contribution in [1.82, 2.24) is 14.9 Å². The van der Waals surface area contributed by atoms with E-state index < -0.39 is 11.5 Å². The van der Waals surface area contributed by atoms with Gasteiger partial charge in [0.25, 0.3) is 11.5 Å². The van der Waals surface area contributed by atoms with Crippen LogP contribution in [0.2, 0.25) is 0 Å². The first kappa shape index (κ1) is 18.1. The van der Waals surface area contributed by atoms with E-state index in [4.69, 9.17) is 17.0 Å². The largest absolute Gasteiger partial charge is 0.465 e. The summed E-state index contributed by atoms with van der Waals surface area (Å²) in [5.74, 6) is -0.735. The van der Waals surface area contributed by atoms with Crippen LogP contribution in [-0.4, -0.2) is 40.4 Å². The molecule has 0 bridgehead atoms. The molecule has 7 nitrogen and oxygen atoms in total. The maximum absolute atomic E-state index is 12.9. The number of nitrogens with zero attached hydrogens (tertiary/aromatic N) is 1. The third-order valence-corrected chi connectivity index (χ3v) is 4.83. The minimum atomic E-state index is -0.498. The Labute approximate surface area is 155 Å². The van der Waals surface area contributed by atoms with Crippen LogP contribution in [0.15, 0.2) is 29.2 Å². The van der Waals surface area contributed by atoms with Gasteiger partial charge >= 0.3 is 5.97 Å². The summed E-state index contributed by atoms with van der Waals surface area (Å²) in [4.78, 5) is 43.5. The number of aryl methyl sites for hydroxylation is 1. The fourth-order valence-corrected chi connectivity index (χ4v) is 3.50. The van der Waals surface area contributed by atoms with Crippen LogP contribution in [0.4, 0.5) is 0 Å². The van der Waals surface area contributed by atoms with Crippen molar-refractivity contribution < 1.29 is 14.3 Å². The summed E-state index contributed by atoms with van der Waals surface area (Å²) in [7, 11) is 1.34. The summed E-state index contributed by atoms with van der Waals surface area (Å²) in [6.45, 7) is 2.46. The number of amides is 1. The number of rotatable bonds is 3. The standard InChI is InChI=1S/C18H19N3O4S/c1-10-8-11(17(24)25-2)5-6-12(10)14-4-3-7-21(14)16(23)13-9-19-18(26)20-15(13)22/h5-6,8-9,14H,3-4,7H2,1-2H3,(H2,19,20,22,26)/t14-/m1/s1. The zero-order valence-corrected chi connectivity index (χ0v) is 15.3. The van der Waals surface area contributed by atoms with Crippen molar-refractivity contribution >= 4 is 24.1 Å². The predicted molar refractivity (Wildman–Crippen MR) is 97.8 cm³/mol. The average Bonchev–Trinajstić information content (AvgIpc) is 3.09. The third kappa shape index (κ3) is 3.32. The molecule has 0 aliphatic carbocycles. The van der Waals surface area contributed by atoms with Gasteiger partial charge in [-0.2, -0.15) is 0 Å². The number of hydrogen-bond donors (Lipinski definition) is 2. The molecular formula is C18H19N3O4S. The van der Waals surface area contributed by atoms with Crippen molar-refractivity contribution in [2.75, 3.05) is 13.7 Å². The van der Waals surface area contributed by atoms with E-state index in [0.717, 1.165) is 24.0 Å². The first-order chi connectivity index (χ1) is 12.4. The second-order valence-electron chi connectivity index (χ2n) is 6.21. The summed E-state index contributed by atoms with van der Waals surface area (Å²) in [5, 5.41) is 0. The molecule has 0 unspecified atom stereocenters. The Morgan fingerprint density at radius 3 is 2.77 bits per heavy atom. The smallest absolute Gasteiger partial charge is 0.337 e. The maximum Gasteiger partial charge on any atom is 0.337 e. The summed E-state index contributed by atoms with van der Waals surface area (Å²) in [6, 6.07) is 5.16. The van der Waals surface area contributed by atoms with E-state index in [-0.39, 0.29) is 22.3 Å². The second-order valence-corrected chi connectivity index (χ2v) is 6.61. The highest BCUT2D eigenvalue weighted by molar-refractivity contribution is 7.71. The van der Waals surface area contributed by atoms with E-state index in [0.29, 0.717) is 12.1 Å². The van der Waals surface area contributed by atoms with Crippen LogP contribution in [0.1, 0.15) is 50.7 Å². The maximum atomic E-state index is 12.9. The lowest BCUT2D eigenvalue weighted by Gasteiger charge is -2.26. The van der Waals surface area contributed by atoms with Crippen molar-refractivity contribution in [2.45, 2.75) is 25.8 Å². The molecule has 1 saturated heterocycles. The highest BCUT2D eigenvalue weighted by atomic mass is 32.1. The Balaban J connectivity index is 1.93. The number of carbonyl (C=O) groups excluding carboxylic acids is 2. The van der Waals surface area contributed by atoms with Crippen LogP contribution in [0.5, 0.6) is 0 Å². The Kier molecular flexibility index (Phi) is 5.03. The SMILES string of the molecule is COC(=O)c1ccc([C@H]2CCCN2C(=O)c2c[nH]c(=S)[nH]c2=O)c(C)c1. The van der Waals surface area contributed by atoms with Crippen LogP contribution >= 0.6 is 12.2 Å². The van der Waals surface area contributed by atoms with E-state index in [2.05, 4.69) is 9.97 Å². The monoisotopic (exact) mass is 373 g/mol. The van der Waals surface area contributed by atoms with Crippen LogP contribution in [0.25, 0.3) is 0 Å².